The third kappa shape index (κ3) is 3.82. The topological polar surface area (TPSA) is 59.1 Å². The summed E-state index contributed by atoms with van der Waals surface area (Å²) in [6.45, 7) is 6.14. The summed E-state index contributed by atoms with van der Waals surface area (Å²) < 4.78 is 27.1. The molecule has 4 nitrogen and oxygen atoms in total. The first-order chi connectivity index (χ1) is 9.92. The third-order valence-electron chi connectivity index (χ3n) is 3.52. The Labute approximate surface area is 126 Å². The summed E-state index contributed by atoms with van der Waals surface area (Å²) in [5.41, 5.74) is 2.13. The van der Waals surface area contributed by atoms with Gasteiger partial charge < -0.3 is 0 Å². The fraction of sp³-hybridized carbons (Fsp3) is 0.312. The Hall–Kier alpha value is -1.88. The van der Waals surface area contributed by atoms with Gasteiger partial charge in [-0.2, -0.15) is 0 Å². The minimum Gasteiger partial charge on any atom is -0.263 e. The molecule has 0 aliphatic carbocycles. The Balaban J connectivity index is 2.21. The van der Waals surface area contributed by atoms with Gasteiger partial charge in [0.05, 0.1) is 4.90 Å². The summed E-state index contributed by atoms with van der Waals surface area (Å²) in [5.74, 6) is 0.750. The molecule has 0 aliphatic rings. The van der Waals surface area contributed by atoms with E-state index in [0.717, 1.165) is 17.5 Å². The summed E-state index contributed by atoms with van der Waals surface area (Å²) in [6.07, 6.45) is 2.65. The van der Waals surface area contributed by atoms with E-state index >= 15 is 0 Å². The Morgan fingerprint density at radius 1 is 1.14 bits per heavy atom. The van der Waals surface area contributed by atoms with Crippen molar-refractivity contribution in [3.8, 4) is 0 Å². The van der Waals surface area contributed by atoms with Crippen LogP contribution in [0.2, 0.25) is 0 Å². The molecule has 112 valence electrons. The monoisotopic (exact) mass is 304 g/mol. The first-order valence-electron chi connectivity index (χ1n) is 6.98. The number of rotatable bonds is 5. The lowest BCUT2D eigenvalue weighted by Crippen LogP contribution is -2.14. The minimum absolute atomic E-state index is 0.247. The molecule has 0 aliphatic heterocycles. The lowest BCUT2D eigenvalue weighted by Gasteiger charge is -2.11. The molecule has 0 saturated heterocycles. The molecule has 1 aromatic heterocycles. The van der Waals surface area contributed by atoms with Gasteiger partial charge in [0.15, 0.2) is 0 Å². The molecule has 21 heavy (non-hydrogen) atoms. The molecule has 1 N–H and O–H groups in total. The Morgan fingerprint density at radius 2 is 1.81 bits per heavy atom. The molecule has 5 heteroatoms. The minimum atomic E-state index is -3.59. The summed E-state index contributed by atoms with van der Waals surface area (Å²) in [4.78, 5) is 4.30. The van der Waals surface area contributed by atoms with E-state index in [1.165, 1.54) is 0 Å². The summed E-state index contributed by atoms with van der Waals surface area (Å²) in [5, 5.41) is 0. The average Bonchev–Trinajstić information content (AvgIpc) is 2.49. The van der Waals surface area contributed by atoms with Crippen LogP contribution in [0.15, 0.2) is 47.5 Å². The maximum Gasteiger partial charge on any atom is 0.263 e. The number of pyridine rings is 1. The van der Waals surface area contributed by atoms with Gasteiger partial charge in [-0.25, -0.2) is 13.4 Å². The van der Waals surface area contributed by atoms with Crippen LogP contribution < -0.4 is 4.72 Å². The maximum atomic E-state index is 12.3. The van der Waals surface area contributed by atoms with E-state index in [1.54, 1.807) is 24.4 Å². The number of nitrogens with one attached hydrogen (secondary N) is 1. The molecule has 1 heterocycles. The van der Waals surface area contributed by atoms with Crippen molar-refractivity contribution in [3.05, 3.63) is 53.7 Å². The van der Waals surface area contributed by atoms with Gasteiger partial charge >= 0.3 is 0 Å². The zero-order valence-electron chi connectivity index (χ0n) is 12.5. The lowest BCUT2D eigenvalue weighted by atomic mass is 9.99. The third-order valence-corrected chi connectivity index (χ3v) is 4.89. The highest BCUT2D eigenvalue weighted by atomic mass is 32.2. The van der Waals surface area contributed by atoms with Crippen molar-refractivity contribution >= 4 is 15.8 Å². The van der Waals surface area contributed by atoms with Crippen molar-refractivity contribution < 1.29 is 8.42 Å². The van der Waals surface area contributed by atoms with Gasteiger partial charge in [-0.3, -0.25) is 4.72 Å². The smallest absolute Gasteiger partial charge is 0.263 e. The predicted octanol–water partition coefficient (Wildman–Crippen LogP) is 3.70. The van der Waals surface area contributed by atoms with Crippen molar-refractivity contribution in [1.29, 1.82) is 0 Å². The number of hydrogen-bond donors (Lipinski definition) is 1. The maximum absolute atomic E-state index is 12.3. The molecule has 2 rings (SSSR count). The first kappa shape index (κ1) is 15.5. The average molecular weight is 304 g/mol. The molecule has 0 bridgehead atoms. The highest BCUT2D eigenvalue weighted by molar-refractivity contribution is 7.92. The van der Waals surface area contributed by atoms with Crippen LogP contribution in [0.4, 0.5) is 5.82 Å². The summed E-state index contributed by atoms with van der Waals surface area (Å²) >= 11 is 0. The largest absolute Gasteiger partial charge is 0.263 e. The van der Waals surface area contributed by atoms with Gasteiger partial charge in [-0.1, -0.05) is 32.0 Å². The van der Waals surface area contributed by atoms with E-state index in [4.69, 9.17) is 0 Å². The molecule has 0 fully saturated rings. The van der Waals surface area contributed by atoms with E-state index in [0.29, 0.717) is 11.7 Å². The lowest BCUT2D eigenvalue weighted by molar-refractivity contribution is 0.601. The van der Waals surface area contributed by atoms with Crippen molar-refractivity contribution in [3.63, 3.8) is 0 Å². The fourth-order valence-electron chi connectivity index (χ4n) is 1.94. The number of anilines is 1. The zero-order valence-corrected chi connectivity index (χ0v) is 13.3. The number of aromatic nitrogens is 1. The Kier molecular flexibility index (Phi) is 4.63. The van der Waals surface area contributed by atoms with E-state index in [2.05, 4.69) is 23.6 Å². The van der Waals surface area contributed by atoms with Gasteiger partial charge in [0.1, 0.15) is 5.82 Å². The van der Waals surface area contributed by atoms with Crippen LogP contribution in [0, 0.1) is 6.92 Å². The van der Waals surface area contributed by atoms with E-state index in [-0.39, 0.29) is 4.90 Å². The van der Waals surface area contributed by atoms with Crippen LogP contribution in [0.1, 0.15) is 37.3 Å². The molecule has 0 unspecified atom stereocenters. The summed E-state index contributed by atoms with van der Waals surface area (Å²) in [6, 6.07) is 10.5. The number of hydrogen-bond acceptors (Lipinski definition) is 3. The van der Waals surface area contributed by atoms with E-state index in [9.17, 15) is 8.42 Å². The fourth-order valence-corrected chi connectivity index (χ4v) is 2.94. The van der Waals surface area contributed by atoms with Crippen LogP contribution in [0.3, 0.4) is 0 Å². The molecule has 1 atom stereocenters. The van der Waals surface area contributed by atoms with E-state index in [1.807, 2.05) is 25.1 Å². The van der Waals surface area contributed by atoms with Gasteiger partial charge in [-0.05, 0) is 48.6 Å². The second kappa shape index (κ2) is 6.26. The van der Waals surface area contributed by atoms with Gasteiger partial charge in [0.2, 0.25) is 0 Å². The number of aryl methyl sites for hydroxylation is 1. The molecular formula is C16H20N2O2S. The molecule has 0 saturated carbocycles. The van der Waals surface area contributed by atoms with Crippen molar-refractivity contribution in [1.82, 2.24) is 4.98 Å². The molecule has 2 aromatic rings. The quantitative estimate of drug-likeness (QED) is 0.916. The van der Waals surface area contributed by atoms with Crippen LogP contribution in [0.5, 0.6) is 0 Å². The number of nitrogens with zero attached hydrogens (tertiary/aromatic N) is 1. The highest BCUT2D eigenvalue weighted by Crippen LogP contribution is 2.21. The Bertz CT molecular complexity index is 692. The van der Waals surface area contributed by atoms with Crippen molar-refractivity contribution in [2.75, 3.05) is 4.72 Å². The standard InChI is InChI=1S/C16H20N2O2S/c1-4-13(3)14-6-8-15(9-7-14)21(19,20)18-16-10-5-12(2)11-17-16/h5-11,13H,4H2,1-3H3,(H,17,18)/t13-/m1/s1. The highest BCUT2D eigenvalue weighted by Gasteiger charge is 2.15. The predicted molar refractivity (Wildman–Crippen MR) is 84.9 cm³/mol. The van der Waals surface area contributed by atoms with E-state index < -0.39 is 10.0 Å². The van der Waals surface area contributed by atoms with Gasteiger partial charge in [0.25, 0.3) is 10.0 Å². The van der Waals surface area contributed by atoms with Gasteiger partial charge in [-0.15, -0.1) is 0 Å². The van der Waals surface area contributed by atoms with Crippen molar-refractivity contribution in [2.45, 2.75) is 38.0 Å². The second-order valence-corrected chi connectivity index (χ2v) is 6.89. The molecule has 1 aromatic carbocycles. The van der Waals surface area contributed by atoms with Crippen molar-refractivity contribution in [2.24, 2.45) is 0 Å². The summed E-state index contributed by atoms with van der Waals surface area (Å²) in [7, 11) is -3.59. The van der Waals surface area contributed by atoms with Crippen LogP contribution in [-0.4, -0.2) is 13.4 Å². The molecule has 0 radical (unpaired) electrons. The number of sulfonamides is 1. The SMILES string of the molecule is CC[C@@H](C)c1ccc(S(=O)(=O)Nc2ccc(C)cn2)cc1. The number of benzene rings is 1. The molecular weight excluding hydrogens is 284 g/mol. The van der Waals surface area contributed by atoms with Gasteiger partial charge in [0, 0.05) is 6.20 Å². The van der Waals surface area contributed by atoms with Crippen LogP contribution in [-0.2, 0) is 10.0 Å². The van der Waals surface area contributed by atoms with Crippen LogP contribution in [0.25, 0.3) is 0 Å². The Morgan fingerprint density at radius 3 is 2.33 bits per heavy atom. The second-order valence-electron chi connectivity index (χ2n) is 5.20. The normalized spacial score (nSPS) is 12.9. The molecule has 0 amide bonds. The first-order valence-corrected chi connectivity index (χ1v) is 8.46. The molecule has 0 spiro atoms. The zero-order chi connectivity index (χ0) is 15.5. The van der Waals surface area contributed by atoms with Crippen LogP contribution >= 0.6 is 0 Å².